The number of amides is 2. The summed E-state index contributed by atoms with van der Waals surface area (Å²) in [4.78, 5) is 34.3. The highest BCUT2D eigenvalue weighted by molar-refractivity contribution is 5.86. The average molecular weight is 258 g/mol. The number of carboxylic acid groups (broad SMARTS) is 2. The van der Waals surface area contributed by atoms with Crippen LogP contribution >= 0.6 is 0 Å². The topological polar surface area (TPSA) is 107 Å². The first-order valence-electron chi connectivity index (χ1n) is 5.42. The molecule has 102 valence electrons. The van der Waals surface area contributed by atoms with E-state index < -0.39 is 30.4 Å². The minimum absolute atomic E-state index is 0.293. The molecule has 0 spiro atoms. The molecule has 18 heavy (non-hydrogen) atoms. The predicted molar refractivity (Wildman–Crippen MR) is 64.3 cm³/mol. The van der Waals surface area contributed by atoms with Crippen LogP contribution in [-0.2, 0) is 9.59 Å². The van der Waals surface area contributed by atoms with E-state index in [0.717, 1.165) is 5.57 Å². The summed E-state index contributed by atoms with van der Waals surface area (Å²) in [6.45, 7) is 7.79. The number of likely N-dealkylation sites (N-methyl/N-ethyl adjacent to an activating group) is 1. The Bertz CT molecular complexity index is 353. The van der Waals surface area contributed by atoms with Crippen LogP contribution in [0.2, 0.25) is 0 Å². The molecule has 0 aliphatic rings. The van der Waals surface area contributed by atoms with Gasteiger partial charge in [0.25, 0.3) is 0 Å². The molecule has 2 amide bonds. The summed E-state index contributed by atoms with van der Waals surface area (Å²) in [6, 6.07) is -2.05. The minimum Gasteiger partial charge on any atom is -0.481 e. The van der Waals surface area contributed by atoms with Crippen molar-refractivity contribution in [2.45, 2.75) is 26.3 Å². The molecular weight excluding hydrogens is 240 g/mol. The Morgan fingerprint density at radius 3 is 2.22 bits per heavy atom. The molecule has 7 nitrogen and oxygen atoms in total. The molecule has 0 unspecified atom stereocenters. The third-order valence-corrected chi connectivity index (χ3v) is 2.10. The van der Waals surface area contributed by atoms with Gasteiger partial charge in [-0.05, 0) is 13.8 Å². The number of rotatable bonds is 7. The maximum atomic E-state index is 11.7. The van der Waals surface area contributed by atoms with Gasteiger partial charge in [0.05, 0.1) is 6.42 Å². The number of aliphatic carboxylic acids is 2. The number of carbonyl (C=O) groups is 3. The van der Waals surface area contributed by atoms with Crippen molar-refractivity contribution in [2.24, 2.45) is 0 Å². The van der Waals surface area contributed by atoms with Crippen molar-refractivity contribution in [2.75, 3.05) is 13.1 Å². The molecule has 7 heteroatoms. The highest BCUT2D eigenvalue weighted by Gasteiger charge is 2.24. The van der Waals surface area contributed by atoms with Crippen molar-refractivity contribution in [3.8, 4) is 0 Å². The maximum Gasteiger partial charge on any atom is 0.326 e. The maximum absolute atomic E-state index is 11.7. The highest BCUT2D eigenvalue weighted by atomic mass is 16.4. The Hall–Kier alpha value is -2.05. The molecule has 0 fully saturated rings. The van der Waals surface area contributed by atoms with Gasteiger partial charge in [-0.1, -0.05) is 12.2 Å². The van der Waals surface area contributed by atoms with E-state index in [-0.39, 0.29) is 0 Å². The normalized spacial score (nSPS) is 11.4. The molecule has 0 aromatic carbocycles. The Morgan fingerprint density at radius 1 is 1.33 bits per heavy atom. The summed E-state index contributed by atoms with van der Waals surface area (Å²) in [5, 5.41) is 19.5. The number of hydrogen-bond acceptors (Lipinski definition) is 3. The Kier molecular flexibility index (Phi) is 6.48. The van der Waals surface area contributed by atoms with Crippen LogP contribution in [0.5, 0.6) is 0 Å². The van der Waals surface area contributed by atoms with Gasteiger partial charge in [0, 0.05) is 13.1 Å². The van der Waals surface area contributed by atoms with Crippen molar-refractivity contribution in [3.05, 3.63) is 12.2 Å². The highest BCUT2D eigenvalue weighted by Crippen LogP contribution is 1.99. The van der Waals surface area contributed by atoms with Crippen molar-refractivity contribution < 1.29 is 24.6 Å². The van der Waals surface area contributed by atoms with Gasteiger partial charge in [-0.3, -0.25) is 4.79 Å². The third-order valence-electron chi connectivity index (χ3n) is 2.10. The van der Waals surface area contributed by atoms with E-state index in [4.69, 9.17) is 10.2 Å². The molecule has 0 aliphatic heterocycles. The fraction of sp³-hybridized carbons (Fsp3) is 0.545. The van der Waals surface area contributed by atoms with Gasteiger partial charge in [0.1, 0.15) is 6.04 Å². The van der Waals surface area contributed by atoms with Crippen LogP contribution in [0.25, 0.3) is 0 Å². The standard InChI is InChI=1S/C11H18N2O5/c1-4-13(6-7(2)3)11(18)12-8(10(16)17)5-9(14)15/h8H,2,4-6H2,1,3H3,(H,12,18)(H,14,15)(H,16,17)/t8-/m1/s1. The zero-order chi connectivity index (χ0) is 14.3. The fourth-order valence-electron chi connectivity index (χ4n) is 1.27. The summed E-state index contributed by atoms with van der Waals surface area (Å²) < 4.78 is 0. The fourth-order valence-corrected chi connectivity index (χ4v) is 1.27. The van der Waals surface area contributed by atoms with Crippen molar-refractivity contribution in [1.82, 2.24) is 10.2 Å². The van der Waals surface area contributed by atoms with Crippen LogP contribution in [0.1, 0.15) is 20.3 Å². The SMILES string of the molecule is C=C(C)CN(CC)C(=O)N[C@H](CC(=O)O)C(=O)O. The molecule has 0 aliphatic carbocycles. The van der Waals surface area contributed by atoms with Gasteiger partial charge >= 0.3 is 18.0 Å². The van der Waals surface area contributed by atoms with Crippen molar-refractivity contribution >= 4 is 18.0 Å². The molecular formula is C11H18N2O5. The summed E-state index contributed by atoms with van der Waals surface area (Å²) in [7, 11) is 0. The summed E-state index contributed by atoms with van der Waals surface area (Å²) in [5.41, 5.74) is 0.747. The lowest BCUT2D eigenvalue weighted by atomic mass is 10.2. The first-order valence-corrected chi connectivity index (χ1v) is 5.42. The molecule has 1 atom stereocenters. The van der Waals surface area contributed by atoms with Gasteiger partial charge in [0.15, 0.2) is 0 Å². The lowest BCUT2D eigenvalue weighted by Crippen LogP contribution is -2.49. The smallest absolute Gasteiger partial charge is 0.326 e. The van der Waals surface area contributed by atoms with E-state index in [9.17, 15) is 14.4 Å². The van der Waals surface area contributed by atoms with E-state index in [1.54, 1.807) is 13.8 Å². The van der Waals surface area contributed by atoms with Gasteiger partial charge in [-0.15, -0.1) is 0 Å². The van der Waals surface area contributed by atoms with Crippen LogP contribution in [-0.4, -0.2) is 52.2 Å². The van der Waals surface area contributed by atoms with Crippen LogP contribution in [0.15, 0.2) is 12.2 Å². The average Bonchev–Trinajstić information content (AvgIpc) is 2.23. The van der Waals surface area contributed by atoms with Crippen molar-refractivity contribution in [1.29, 1.82) is 0 Å². The summed E-state index contributed by atoms with van der Waals surface area (Å²) in [5.74, 6) is -2.66. The molecule has 0 saturated heterocycles. The second kappa shape index (κ2) is 7.31. The molecule has 0 saturated carbocycles. The zero-order valence-corrected chi connectivity index (χ0v) is 10.5. The minimum atomic E-state index is -1.44. The zero-order valence-electron chi connectivity index (χ0n) is 10.5. The van der Waals surface area contributed by atoms with E-state index in [1.807, 2.05) is 0 Å². The first-order chi connectivity index (χ1) is 8.27. The van der Waals surface area contributed by atoms with Crippen LogP contribution in [0, 0.1) is 0 Å². The van der Waals surface area contributed by atoms with E-state index in [0.29, 0.717) is 13.1 Å². The molecule has 3 N–H and O–H groups in total. The predicted octanol–water partition coefficient (Wildman–Crippen LogP) is 0.522. The van der Waals surface area contributed by atoms with Gasteiger partial charge in [0.2, 0.25) is 0 Å². The first kappa shape index (κ1) is 16.0. The quantitative estimate of drug-likeness (QED) is 0.577. The summed E-state index contributed by atoms with van der Waals surface area (Å²) in [6.07, 6.45) is -0.661. The molecule has 0 aromatic rings. The Balaban J connectivity index is 4.60. The Morgan fingerprint density at radius 2 is 1.89 bits per heavy atom. The molecule has 0 rings (SSSR count). The lowest BCUT2D eigenvalue weighted by Gasteiger charge is -2.23. The number of urea groups is 1. The second-order valence-electron chi connectivity index (χ2n) is 3.91. The second-order valence-corrected chi connectivity index (χ2v) is 3.91. The number of hydrogen-bond donors (Lipinski definition) is 3. The third kappa shape index (κ3) is 5.88. The number of nitrogens with zero attached hydrogens (tertiary/aromatic N) is 1. The van der Waals surface area contributed by atoms with Gasteiger partial charge in [-0.25, -0.2) is 9.59 Å². The number of carboxylic acids is 2. The largest absolute Gasteiger partial charge is 0.481 e. The van der Waals surface area contributed by atoms with E-state index in [2.05, 4.69) is 11.9 Å². The molecule has 0 aromatic heterocycles. The summed E-state index contributed by atoms with van der Waals surface area (Å²) >= 11 is 0. The molecule has 0 radical (unpaired) electrons. The van der Waals surface area contributed by atoms with Crippen LogP contribution < -0.4 is 5.32 Å². The van der Waals surface area contributed by atoms with Crippen LogP contribution in [0.4, 0.5) is 4.79 Å². The van der Waals surface area contributed by atoms with Crippen LogP contribution in [0.3, 0.4) is 0 Å². The van der Waals surface area contributed by atoms with Gasteiger partial charge in [-0.2, -0.15) is 0 Å². The number of carbonyl (C=O) groups excluding carboxylic acids is 1. The Labute approximate surface area is 105 Å². The number of nitrogens with one attached hydrogen (secondary N) is 1. The molecule has 0 heterocycles. The van der Waals surface area contributed by atoms with Crippen molar-refractivity contribution in [3.63, 3.8) is 0 Å². The monoisotopic (exact) mass is 258 g/mol. The van der Waals surface area contributed by atoms with Gasteiger partial charge < -0.3 is 20.4 Å². The lowest BCUT2D eigenvalue weighted by molar-refractivity contribution is -0.145. The molecule has 0 bridgehead atoms. The van der Waals surface area contributed by atoms with E-state index in [1.165, 1.54) is 4.90 Å². The van der Waals surface area contributed by atoms with E-state index >= 15 is 0 Å².